The predicted octanol–water partition coefficient (Wildman–Crippen LogP) is 1.47. The molecule has 0 saturated heterocycles. The number of benzene rings is 1. The van der Waals surface area contributed by atoms with Gasteiger partial charge in [0, 0.05) is 5.56 Å². The third-order valence-electron chi connectivity index (χ3n) is 1.78. The molecule has 1 N–H and O–H groups in total. The highest BCUT2D eigenvalue weighted by Gasteiger charge is 2.34. The number of aliphatic hydroxyl groups is 1. The molecule has 0 aromatic carbocycles. The van der Waals surface area contributed by atoms with E-state index in [1.807, 2.05) is 0 Å². The Kier molecular flexibility index (Phi) is 0.517. The van der Waals surface area contributed by atoms with Crippen LogP contribution in [0.25, 0.3) is 11.2 Å². The fourth-order valence-electron chi connectivity index (χ4n) is 1.24. The van der Waals surface area contributed by atoms with Crippen molar-refractivity contribution in [2.45, 2.75) is 6.61 Å². The lowest BCUT2D eigenvalue weighted by Crippen LogP contribution is -1.75. The molecule has 3 heterocycles. The third-order valence-corrected chi connectivity index (χ3v) is 1.78. The maximum atomic E-state index is 8.76. The van der Waals surface area contributed by atoms with Crippen molar-refractivity contribution in [2.75, 3.05) is 0 Å². The summed E-state index contributed by atoms with van der Waals surface area (Å²) >= 11 is 0. The minimum Gasteiger partial charge on any atom is -0.449 e. The monoisotopic (exact) mass is 136 g/mol. The van der Waals surface area contributed by atoms with Crippen molar-refractivity contribution < 1.29 is 14.3 Å². The molecule has 0 unspecified atom stereocenters. The predicted molar refractivity (Wildman–Crippen MR) is 33.4 cm³/mol. The Morgan fingerprint density at radius 1 is 1.40 bits per heavy atom. The lowest BCUT2D eigenvalue weighted by molar-refractivity contribution is 0.283. The number of rotatable bonds is 1. The van der Waals surface area contributed by atoms with Crippen LogP contribution in [0, 0.1) is 0 Å². The molecule has 3 nitrogen and oxygen atoms in total. The van der Waals surface area contributed by atoms with Crippen molar-refractivity contribution in [1.82, 2.24) is 0 Å². The summed E-state index contributed by atoms with van der Waals surface area (Å²) in [5, 5.41) is 8.76. The summed E-state index contributed by atoms with van der Waals surface area (Å²) in [5.74, 6) is 1.67. The molecule has 1 aliphatic heterocycles. The van der Waals surface area contributed by atoms with Crippen LogP contribution in [0.15, 0.2) is 10.5 Å². The van der Waals surface area contributed by atoms with E-state index in [4.69, 9.17) is 14.3 Å². The van der Waals surface area contributed by atoms with Gasteiger partial charge in [-0.2, -0.15) is 0 Å². The van der Waals surface area contributed by atoms with Crippen LogP contribution < -0.4 is 4.74 Å². The Morgan fingerprint density at radius 2 is 2.30 bits per heavy atom. The molecule has 3 heteroatoms. The average Bonchev–Trinajstić information content (AvgIpc) is 2.58. The van der Waals surface area contributed by atoms with Crippen LogP contribution in [0.4, 0.5) is 0 Å². The zero-order chi connectivity index (χ0) is 6.72. The zero-order valence-electron chi connectivity index (χ0n) is 5.05. The van der Waals surface area contributed by atoms with Gasteiger partial charge in [-0.1, -0.05) is 0 Å². The molecule has 0 spiro atoms. The smallest absolute Gasteiger partial charge is 0.217 e. The molecule has 2 aromatic rings. The van der Waals surface area contributed by atoms with Gasteiger partial charge < -0.3 is 14.3 Å². The first kappa shape index (κ1) is 4.57. The van der Waals surface area contributed by atoms with Crippen LogP contribution in [0.5, 0.6) is 11.5 Å². The van der Waals surface area contributed by atoms with Gasteiger partial charge in [-0.05, 0) is 6.07 Å². The van der Waals surface area contributed by atoms with E-state index in [0.29, 0.717) is 5.58 Å². The Labute approximate surface area is 56.2 Å². The molecule has 0 atom stereocenters. The van der Waals surface area contributed by atoms with Crippen LogP contribution in [0.1, 0.15) is 5.56 Å². The minimum atomic E-state index is 0.0268. The van der Waals surface area contributed by atoms with Crippen LogP contribution >= 0.6 is 0 Å². The number of hydrogen-bond donors (Lipinski definition) is 1. The number of ether oxygens (including phenoxy) is 1. The summed E-state index contributed by atoms with van der Waals surface area (Å²) in [6.45, 7) is 0.0268. The van der Waals surface area contributed by atoms with Gasteiger partial charge in [0.15, 0.2) is 11.2 Å². The fraction of sp³-hybridized carbons (Fsp3) is 0.143. The van der Waals surface area contributed by atoms with E-state index >= 15 is 0 Å². The summed E-state index contributed by atoms with van der Waals surface area (Å²) in [6.07, 6.45) is 0. The largest absolute Gasteiger partial charge is 0.449 e. The van der Waals surface area contributed by atoms with Crippen molar-refractivity contribution in [3.8, 4) is 11.5 Å². The highest BCUT2D eigenvalue weighted by atomic mass is 16.6. The second-order valence-corrected chi connectivity index (χ2v) is 2.38. The van der Waals surface area contributed by atoms with Gasteiger partial charge in [0.2, 0.25) is 11.5 Å². The van der Waals surface area contributed by atoms with Crippen molar-refractivity contribution in [2.24, 2.45) is 0 Å². The summed E-state index contributed by atoms with van der Waals surface area (Å²) in [5.41, 5.74) is 2.30. The Hall–Kier alpha value is -1.22. The first-order valence-electron chi connectivity index (χ1n) is 3.06. The van der Waals surface area contributed by atoms with E-state index in [1.165, 1.54) is 0 Å². The van der Waals surface area contributed by atoms with Gasteiger partial charge in [-0.25, -0.2) is 0 Å². The van der Waals surface area contributed by atoms with Gasteiger partial charge >= 0.3 is 0 Å². The summed E-state index contributed by atoms with van der Waals surface area (Å²) in [6, 6.07) is 1.81. The normalized spacial score (nSPS) is 13.7. The molecular formula is C7H4O3. The van der Waals surface area contributed by atoms with Crippen molar-refractivity contribution in [3.63, 3.8) is 0 Å². The van der Waals surface area contributed by atoms with Gasteiger partial charge in [0.05, 0.1) is 6.61 Å². The molecule has 10 heavy (non-hydrogen) atoms. The summed E-state index contributed by atoms with van der Waals surface area (Å²) in [7, 11) is 0. The fourth-order valence-corrected chi connectivity index (χ4v) is 1.24. The molecule has 2 aromatic heterocycles. The second kappa shape index (κ2) is 1.13. The average molecular weight is 136 g/mol. The highest BCUT2D eigenvalue weighted by molar-refractivity contribution is 5.90. The van der Waals surface area contributed by atoms with E-state index in [9.17, 15) is 0 Å². The lowest BCUT2D eigenvalue weighted by Gasteiger charge is -1.83. The molecule has 50 valence electrons. The second-order valence-electron chi connectivity index (χ2n) is 2.38. The molecule has 0 radical (unpaired) electrons. The van der Waals surface area contributed by atoms with Gasteiger partial charge in [-0.3, -0.25) is 0 Å². The summed E-state index contributed by atoms with van der Waals surface area (Å²) in [4.78, 5) is 0. The van der Waals surface area contributed by atoms with E-state index in [0.717, 1.165) is 22.6 Å². The molecule has 2 bridgehead atoms. The molecule has 0 amide bonds. The standard InChI is InChI=1S/C7H4O3/c8-2-3-1-4-6-7(10-6)5(3)9-4/h1,8H,2H2. The maximum absolute atomic E-state index is 8.76. The zero-order valence-corrected chi connectivity index (χ0v) is 5.05. The van der Waals surface area contributed by atoms with E-state index in [-0.39, 0.29) is 6.61 Å². The molecular weight excluding hydrogens is 132 g/mol. The SMILES string of the molecule is OCc1cc2oc1c1c2O1. The molecule has 3 rings (SSSR count). The first-order valence-corrected chi connectivity index (χ1v) is 3.06. The number of furan rings is 2. The van der Waals surface area contributed by atoms with E-state index < -0.39 is 0 Å². The Bertz CT molecular complexity index is 388. The van der Waals surface area contributed by atoms with Gasteiger partial charge in [0.1, 0.15) is 0 Å². The third kappa shape index (κ3) is 0.316. The minimum absolute atomic E-state index is 0.0268. The number of aliphatic hydroxyl groups excluding tert-OH is 1. The van der Waals surface area contributed by atoms with Gasteiger partial charge in [-0.15, -0.1) is 0 Å². The summed E-state index contributed by atoms with van der Waals surface area (Å²) < 4.78 is 10.3. The molecule has 0 saturated carbocycles. The Morgan fingerprint density at radius 3 is 2.90 bits per heavy atom. The highest BCUT2D eigenvalue weighted by Crippen LogP contribution is 2.57. The first-order chi connectivity index (χ1) is 4.90. The van der Waals surface area contributed by atoms with E-state index in [2.05, 4.69) is 0 Å². The molecule has 0 aliphatic carbocycles. The maximum Gasteiger partial charge on any atom is 0.217 e. The Balaban J connectivity index is 2.46. The molecule has 1 aliphatic rings. The van der Waals surface area contributed by atoms with Crippen molar-refractivity contribution in [3.05, 3.63) is 11.6 Å². The quantitative estimate of drug-likeness (QED) is 0.515. The number of fused-ring (bicyclic) bond motifs is 5. The van der Waals surface area contributed by atoms with Crippen molar-refractivity contribution in [1.29, 1.82) is 0 Å². The van der Waals surface area contributed by atoms with Crippen LogP contribution in [-0.2, 0) is 6.61 Å². The number of hydrogen-bond acceptors (Lipinski definition) is 3. The van der Waals surface area contributed by atoms with E-state index in [1.54, 1.807) is 6.07 Å². The lowest BCUT2D eigenvalue weighted by atomic mass is 10.2. The van der Waals surface area contributed by atoms with Crippen LogP contribution in [-0.4, -0.2) is 5.11 Å². The van der Waals surface area contributed by atoms with Crippen LogP contribution in [0.3, 0.4) is 0 Å². The van der Waals surface area contributed by atoms with Crippen LogP contribution in [0.2, 0.25) is 0 Å². The van der Waals surface area contributed by atoms with Crippen molar-refractivity contribution >= 4 is 11.2 Å². The topological polar surface area (TPSA) is 45.9 Å². The molecule has 0 fully saturated rings. The van der Waals surface area contributed by atoms with Gasteiger partial charge in [0.25, 0.3) is 0 Å².